The summed E-state index contributed by atoms with van der Waals surface area (Å²) in [6, 6.07) is 8.32. The standard InChI is InChI=1S/C17H27N3O.HI/c1-13(2)21-16-8-6-14(7-9-16)10-11-19-17(18-3)20-12-15-4-5-15;/h6-9,13,15H,4-5,10-12H2,1-3H3,(H2,18,19,20);1H. The Kier molecular flexibility index (Phi) is 8.60. The third-order valence-electron chi connectivity index (χ3n) is 3.48. The summed E-state index contributed by atoms with van der Waals surface area (Å²) in [5, 5.41) is 6.72. The van der Waals surface area contributed by atoms with Crippen molar-refractivity contribution in [1.82, 2.24) is 10.6 Å². The first-order chi connectivity index (χ1) is 10.2. The summed E-state index contributed by atoms with van der Waals surface area (Å²) in [5.41, 5.74) is 1.30. The number of nitrogens with zero attached hydrogens (tertiary/aromatic N) is 1. The van der Waals surface area contributed by atoms with E-state index in [0.717, 1.165) is 37.1 Å². The van der Waals surface area contributed by atoms with Gasteiger partial charge in [0.25, 0.3) is 0 Å². The van der Waals surface area contributed by atoms with Crippen molar-refractivity contribution in [3.05, 3.63) is 29.8 Å². The zero-order valence-electron chi connectivity index (χ0n) is 13.8. The molecule has 0 amide bonds. The van der Waals surface area contributed by atoms with Crippen molar-refractivity contribution < 1.29 is 4.74 Å². The highest BCUT2D eigenvalue weighted by Crippen LogP contribution is 2.27. The van der Waals surface area contributed by atoms with Crippen LogP contribution < -0.4 is 15.4 Å². The van der Waals surface area contributed by atoms with Crippen LogP contribution in [0, 0.1) is 5.92 Å². The molecule has 1 aliphatic carbocycles. The molecule has 124 valence electrons. The first-order valence-corrected chi connectivity index (χ1v) is 7.87. The number of guanidine groups is 1. The molecule has 0 atom stereocenters. The van der Waals surface area contributed by atoms with Gasteiger partial charge in [-0.2, -0.15) is 0 Å². The monoisotopic (exact) mass is 417 g/mol. The number of hydrogen-bond donors (Lipinski definition) is 2. The van der Waals surface area contributed by atoms with E-state index in [2.05, 4.69) is 27.8 Å². The molecule has 1 saturated carbocycles. The van der Waals surface area contributed by atoms with E-state index in [1.165, 1.54) is 18.4 Å². The molecule has 2 N–H and O–H groups in total. The second kappa shape index (κ2) is 9.92. The van der Waals surface area contributed by atoms with Crippen molar-refractivity contribution >= 4 is 29.9 Å². The van der Waals surface area contributed by atoms with Crippen molar-refractivity contribution in [3.63, 3.8) is 0 Å². The zero-order valence-corrected chi connectivity index (χ0v) is 16.1. The van der Waals surface area contributed by atoms with Crippen LogP contribution in [0.2, 0.25) is 0 Å². The summed E-state index contributed by atoms with van der Waals surface area (Å²) in [5.74, 6) is 2.70. The van der Waals surface area contributed by atoms with Crippen molar-refractivity contribution in [1.29, 1.82) is 0 Å². The molecule has 1 aromatic carbocycles. The van der Waals surface area contributed by atoms with E-state index < -0.39 is 0 Å². The van der Waals surface area contributed by atoms with Crippen LogP contribution in [0.15, 0.2) is 29.3 Å². The number of halogens is 1. The molecule has 4 nitrogen and oxygen atoms in total. The Morgan fingerprint density at radius 1 is 1.23 bits per heavy atom. The van der Waals surface area contributed by atoms with Crippen LogP contribution in [-0.2, 0) is 6.42 Å². The summed E-state index contributed by atoms with van der Waals surface area (Å²) < 4.78 is 5.64. The average Bonchev–Trinajstić information content (AvgIpc) is 3.28. The molecule has 0 spiro atoms. The molecule has 0 heterocycles. The van der Waals surface area contributed by atoms with Gasteiger partial charge in [-0.25, -0.2) is 0 Å². The van der Waals surface area contributed by atoms with E-state index in [-0.39, 0.29) is 30.1 Å². The number of nitrogens with one attached hydrogen (secondary N) is 2. The molecule has 1 fully saturated rings. The van der Waals surface area contributed by atoms with Gasteiger partial charge in [-0.15, -0.1) is 24.0 Å². The van der Waals surface area contributed by atoms with Crippen LogP contribution in [-0.4, -0.2) is 32.2 Å². The maximum Gasteiger partial charge on any atom is 0.190 e. The number of hydrogen-bond acceptors (Lipinski definition) is 2. The Bertz CT molecular complexity index is 455. The van der Waals surface area contributed by atoms with Crippen LogP contribution in [0.3, 0.4) is 0 Å². The number of ether oxygens (including phenoxy) is 1. The molecule has 22 heavy (non-hydrogen) atoms. The minimum Gasteiger partial charge on any atom is -0.491 e. The number of benzene rings is 1. The van der Waals surface area contributed by atoms with Gasteiger partial charge >= 0.3 is 0 Å². The molecule has 0 radical (unpaired) electrons. The highest BCUT2D eigenvalue weighted by molar-refractivity contribution is 14.0. The predicted molar refractivity (Wildman–Crippen MR) is 103 cm³/mol. The Morgan fingerprint density at radius 2 is 1.91 bits per heavy atom. The summed E-state index contributed by atoms with van der Waals surface area (Å²) in [4.78, 5) is 4.24. The van der Waals surface area contributed by atoms with Crippen molar-refractivity contribution in [2.24, 2.45) is 10.9 Å². The fourth-order valence-electron chi connectivity index (χ4n) is 2.12. The Morgan fingerprint density at radius 3 is 2.45 bits per heavy atom. The quantitative estimate of drug-likeness (QED) is 0.407. The first kappa shape index (κ1) is 19.1. The Hall–Kier alpha value is -0.980. The smallest absolute Gasteiger partial charge is 0.190 e. The van der Waals surface area contributed by atoms with E-state index in [1.54, 1.807) is 0 Å². The molecular formula is C17H28IN3O. The van der Waals surface area contributed by atoms with Gasteiger partial charge in [0.05, 0.1) is 6.10 Å². The maximum atomic E-state index is 5.64. The van der Waals surface area contributed by atoms with Gasteiger partial charge in [0.2, 0.25) is 0 Å². The summed E-state index contributed by atoms with van der Waals surface area (Å²) >= 11 is 0. The average molecular weight is 417 g/mol. The van der Waals surface area contributed by atoms with E-state index in [1.807, 2.05) is 33.0 Å². The highest BCUT2D eigenvalue weighted by Gasteiger charge is 2.20. The van der Waals surface area contributed by atoms with Gasteiger partial charge in [0, 0.05) is 20.1 Å². The van der Waals surface area contributed by atoms with Gasteiger partial charge in [-0.05, 0) is 56.7 Å². The van der Waals surface area contributed by atoms with Crippen molar-refractivity contribution in [3.8, 4) is 5.75 Å². The SMILES string of the molecule is CN=C(NCCc1ccc(OC(C)C)cc1)NCC1CC1.I. The fourth-order valence-corrected chi connectivity index (χ4v) is 2.12. The predicted octanol–water partition coefficient (Wildman–Crippen LogP) is 3.21. The lowest BCUT2D eigenvalue weighted by Crippen LogP contribution is -2.39. The van der Waals surface area contributed by atoms with Gasteiger partial charge in [0.1, 0.15) is 5.75 Å². The molecule has 1 aromatic rings. The summed E-state index contributed by atoms with van der Waals surface area (Å²) in [7, 11) is 1.82. The van der Waals surface area contributed by atoms with Crippen LogP contribution in [0.4, 0.5) is 0 Å². The summed E-state index contributed by atoms with van der Waals surface area (Å²) in [6.07, 6.45) is 3.91. The van der Waals surface area contributed by atoms with Crippen molar-refractivity contribution in [2.75, 3.05) is 20.1 Å². The highest BCUT2D eigenvalue weighted by atomic mass is 127. The normalized spacial score (nSPS) is 14.5. The van der Waals surface area contributed by atoms with Gasteiger partial charge in [0.15, 0.2) is 5.96 Å². The van der Waals surface area contributed by atoms with E-state index in [9.17, 15) is 0 Å². The molecule has 0 bridgehead atoms. The minimum absolute atomic E-state index is 0. The molecule has 0 aromatic heterocycles. The van der Waals surface area contributed by atoms with Gasteiger partial charge < -0.3 is 15.4 Å². The van der Waals surface area contributed by atoms with E-state index >= 15 is 0 Å². The second-order valence-electron chi connectivity index (χ2n) is 5.88. The topological polar surface area (TPSA) is 45.7 Å². The largest absolute Gasteiger partial charge is 0.491 e. The van der Waals surface area contributed by atoms with Gasteiger partial charge in [-0.3, -0.25) is 4.99 Å². The molecule has 0 saturated heterocycles. The van der Waals surface area contributed by atoms with Crippen LogP contribution in [0.5, 0.6) is 5.75 Å². The third kappa shape index (κ3) is 7.33. The van der Waals surface area contributed by atoms with Crippen LogP contribution in [0.1, 0.15) is 32.3 Å². The molecular weight excluding hydrogens is 389 g/mol. The Labute approximate surface area is 151 Å². The summed E-state index contributed by atoms with van der Waals surface area (Å²) in [6.45, 7) is 6.01. The molecule has 2 rings (SSSR count). The fraction of sp³-hybridized carbons (Fsp3) is 0.588. The van der Waals surface area contributed by atoms with Crippen LogP contribution in [0.25, 0.3) is 0 Å². The lowest BCUT2D eigenvalue weighted by molar-refractivity contribution is 0.242. The van der Waals surface area contributed by atoms with E-state index in [4.69, 9.17) is 4.74 Å². The molecule has 1 aliphatic rings. The first-order valence-electron chi connectivity index (χ1n) is 7.87. The molecule has 0 unspecified atom stereocenters. The zero-order chi connectivity index (χ0) is 15.1. The molecule has 5 heteroatoms. The minimum atomic E-state index is 0. The van der Waals surface area contributed by atoms with Crippen LogP contribution >= 0.6 is 24.0 Å². The third-order valence-corrected chi connectivity index (χ3v) is 3.48. The number of rotatable bonds is 7. The second-order valence-corrected chi connectivity index (χ2v) is 5.88. The maximum absolute atomic E-state index is 5.64. The van der Waals surface area contributed by atoms with Gasteiger partial charge in [-0.1, -0.05) is 12.1 Å². The lowest BCUT2D eigenvalue weighted by Gasteiger charge is -2.12. The lowest BCUT2D eigenvalue weighted by atomic mass is 10.1. The molecule has 0 aliphatic heterocycles. The number of aliphatic imine (C=N–C) groups is 1. The van der Waals surface area contributed by atoms with E-state index in [0.29, 0.717) is 0 Å². The Balaban J connectivity index is 0.00000242. The van der Waals surface area contributed by atoms with Crippen molar-refractivity contribution in [2.45, 2.75) is 39.2 Å².